The molecule has 2 saturated heterocycles. The Labute approximate surface area is 170 Å². The summed E-state index contributed by atoms with van der Waals surface area (Å²) in [5, 5.41) is 8.12. The summed E-state index contributed by atoms with van der Waals surface area (Å²) in [5.74, 6) is 0.634. The lowest BCUT2D eigenvalue weighted by Gasteiger charge is -2.40. The molecule has 0 bridgehead atoms. The van der Waals surface area contributed by atoms with Gasteiger partial charge in [-0.2, -0.15) is 5.10 Å². The van der Waals surface area contributed by atoms with Gasteiger partial charge in [0.2, 0.25) is 5.91 Å². The summed E-state index contributed by atoms with van der Waals surface area (Å²) in [7, 11) is 1.74. The van der Waals surface area contributed by atoms with Gasteiger partial charge in [-0.3, -0.25) is 9.59 Å². The molecule has 8 nitrogen and oxygen atoms in total. The molecule has 0 aliphatic carbocycles. The number of aromatic nitrogens is 2. The van der Waals surface area contributed by atoms with E-state index in [4.69, 9.17) is 4.74 Å². The number of nitrogens with zero attached hydrogens (tertiary/aromatic N) is 5. The van der Waals surface area contributed by atoms with Crippen molar-refractivity contribution in [3.05, 3.63) is 54.2 Å². The van der Waals surface area contributed by atoms with Crippen LogP contribution in [0.15, 0.2) is 48.7 Å². The number of carbonyl (C=O) groups is 2. The molecule has 2 aliphatic heterocycles. The van der Waals surface area contributed by atoms with Crippen LogP contribution in [0.25, 0.3) is 0 Å². The maximum Gasteiger partial charge on any atom is 0.254 e. The summed E-state index contributed by atoms with van der Waals surface area (Å²) in [6.07, 6.45) is 1.78. The molecule has 2 aliphatic rings. The Morgan fingerprint density at radius 2 is 1.90 bits per heavy atom. The molecule has 1 aromatic carbocycles. The van der Waals surface area contributed by atoms with E-state index in [9.17, 15) is 9.59 Å². The first-order valence-corrected chi connectivity index (χ1v) is 9.89. The van der Waals surface area contributed by atoms with Crippen LogP contribution in [0.4, 0.5) is 5.82 Å². The van der Waals surface area contributed by atoms with Crippen LogP contribution in [-0.4, -0.2) is 77.7 Å². The van der Waals surface area contributed by atoms with Crippen molar-refractivity contribution in [1.82, 2.24) is 20.0 Å². The van der Waals surface area contributed by atoms with Crippen molar-refractivity contribution in [2.24, 2.45) is 0 Å². The number of carbonyl (C=O) groups excluding carboxylic acids is 2. The van der Waals surface area contributed by atoms with Gasteiger partial charge < -0.3 is 19.4 Å². The molecule has 2 fully saturated rings. The van der Waals surface area contributed by atoms with Gasteiger partial charge in [0.15, 0.2) is 11.9 Å². The number of amides is 2. The zero-order valence-electron chi connectivity index (χ0n) is 16.5. The molecule has 0 spiro atoms. The first-order chi connectivity index (χ1) is 14.1. The fraction of sp³-hybridized carbons (Fsp3) is 0.429. The van der Waals surface area contributed by atoms with Crippen molar-refractivity contribution in [2.45, 2.75) is 18.6 Å². The van der Waals surface area contributed by atoms with E-state index < -0.39 is 12.1 Å². The maximum absolute atomic E-state index is 13.4. The van der Waals surface area contributed by atoms with Crippen LogP contribution in [0.3, 0.4) is 0 Å². The molecule has 2 aromatic rings. The Balaban J connectivity index is 1.51. The third-order valence-electron chi connectivity index (χ3n) is 5.56. The van der Waals surface area contributed by atoms with Crippen LogP contribution in [0.2, 0.25) is 0 Å². The van der Waals surface area contributed by atoms with Gasteiger partial charge in [-0.25, -0.2) is 0 Å². The molecular weight excluding hydrogens is 370 g/mol. The van der Waals surface area contributed by atoms with E-state index in [1.807, 2.05) is 47.4 Å². The Kier molecular flexibility index (Phi) is 5.71. The zero-order valence-corrected chi connectivity index (χ0v) is 16.5. The van der Waals surface area contributed by atoms with Crippen LogP contribution in [0.5, 0.6) is 0 Å². The molecule has 8 heteroatoms. The highest BCUT2D eigenvalue weighted by Gasteiger charge is 2.42. The number of morpholine rings is 1. The molecule has 152 valence electrons. The van der Waals surface area contributed by atoms with Gasteiger partial charge in [-0.15, -0.1) is 5.10 Å². The van der Waals surface area contributed by atoms with Gasteiger partial charge >= 0.3 is 0 Å². The molecular formula is C21H25N5O3. The fourth-order valence-corrected chi connectivity index (χ4v) is 3.98. The van der Waals surface area contributed by atoms with Crippen molar-refractivity contribution < 1.29 is 14.3 Å². The number of ether oxygens (including phenoxy) is 1. The first kappa shape index (κ1) is 19.3. The lowest BCUT2D eigenvalue weighted by atomic mass is 9.97. The highest BCUT2D eigenvalue weighted by Crippen LogP contribution is 2.30. The zero-order chi connectivity index (χ0) is 20.2. The monoisotopic (exact) mass is 395 g/mol. The van der Waals surface area contributed by atoms with Crippen molar-refractivity contribution in [3.8, 4) is 0 Å². The molecule has 0 N–H and O–H groups in total. The molecule has 0 saturated carbocycles. The number of anilines is 1. The topological polar surface area (TPSA) is 78.9 Å². The number of benzene rings is 1. The summed E-state index contributed by atoms with van der Waals surface area (Å²) in [5.41, 5.74) is 0.900. The molecule has 4 rings (SSSR count). The van der Waals surface area contributed by atoms with Gasteiger partial charge in [-0.05, 0) is 24.1 Å². The minimum atomic E-state index is -0.705. The minimum Gasteiger partial charge on any atom is -0.356 e. The van der Waals surface area contributed by atoms with Crippen LogP contribution < -0.4 is 4.90 Å². The van der Waals surface area contributed by atoms with E-state index in [0.717, 1.165) is 24.3 Å². The normalized spacial score (nSPS) is 23.1. The maximum atomic E-state index is 13.4. The third kappa shape index (κ3) is 4.07. The van der Waals surface area contributed by atoms with E-state index in [2.05, 4.69) is 15.1 Å². The Hall–Kier alpha value is -3.00. The third-order valence-corrected chi connectivity index (χ3v) is 5.56. The molecule has 3 heterocycles. The predicted octanol–water partition coefficient (Wildman–Crippen LogP) is 1.11. The lowest BCUT2D eigenvalue weighted by molar-refractivity contribution is -0.167. The van der Waals surface area contributed by atoms with Crippen molar-refractivity contribution in [2.75, 3.05) is 44.7 Å². The lowest BCUT2D eigenvalue weighted by Crippen LogP contribution is -2.54. The van der Waals surface area contributed by atoms with Gasteiger partial charge in [0.1, 0.15) is 6.61 Å². The Morgan fingerprint density at radius 1 is 1.07 bits per heavy atom. The number of rotatable bonds is 3. The van der Waals surface area contributed by atoms with Crippen molar-refractivity contribution in [1.29, 1.82) is 0 Å². The van der Waals surface area contributed by atoms with E-state index >= 15 is 0 Å². The molecule has 0 radical (unpaired) electrons. The average molecular weight is 395 g/mol. The SMILES string of the molecule is CN1C(=O)COC(C(=O)N2CCCN(c3cccnn3)CC2)C1c1ccccc1. The number of hydrogen-bond donors (Lipinski definition) is 0. The summed E-state index contributed by atoms with van der Waals surface area (Å²) >= 11 is 0. The average Bonchev–Trinajstić information content (AvgIpc) is 3.02. The van der Waals surface area contributed by atoms with Gasteiger partial charge in [0.05, 0.1) is 6.04 Å². The summed E-state index contributed by atoms with van der Waals surface area (Å²) in [6.45, 7) is 2.65. The highest BCUT2D eigenvalue weighted by atomic mass is 16.5. The molecule has 2 amide bonds. The first-order valence-electron chi connectivity index (χ1n) is 9.89. The van der Waals surface area contributed by atoms with Crippen LogP contribution in [0, 0.1) is 0 Å². The highest BCUT2D eigenvalue weighted by molar-refractivity contribution is 5.86. The second kappa shape index (κ2) is 8.57. The van der Waals surface area contributed by atoms with E-state index in [-0.39, 0.29) is 18.4 Å². The van der Waals surface area contributed by atoms with Crippen LogP contribution in [-0.2, 0) is 14.3 Å². The Bertz CT molecular complexity index is 848. The number of likely N-dealkylation sites (N-methyl/N-ethyl adjacent to an activating group) is 1. The van der Waals surface area contributed by atoms with Gasteiger partial charge in [0, 0.05) is 39.4 Å². The van der Waals surface area contributed by atoms with E-state index in [0.29, 0.717) is 19.6 Å². The van der Waals surface area contributed by atoms with Crippen LogP contribution in [0.1, 0.15) is 18.0 Å². The standard InChI is InChI=1S/C21H25N5O3/c1-24-18(27)15-29-20(19(24)16-7-3-2-4-8-16)21(28)26-12-6-11-25(13-14-26)17-9-5-10-22-23-17/h2-5,7-10,19-20H,6,11-15H2,1H3. The largest absolute Gasteiger partial charge is 0.356 e. The van der Waals surface area contributed by atoms with Crippen molar-refractivity contribution >= 4 is 17.6 Å². The van der Waals surface area contributed by atoms with Gasteiger partial charge in [0.25, 0.3) is 5.91 Å². The summed E-state index contributed by atoms with van der Waals surface area (Å²) in [4.78, 5) is 31.3. The second-order valence-electron chi connectivity index (χ2n) is 7.34. The molecule has 29 heavy (non-hydrogen) atoms. The quantitative estimate of drug-likeness (QED) is 0.775. The van der Waals surface area contributed by atoms with Gasteiger partial charge in [-0.1, -0.05) is 30.3 Å². The second-order valence-corrected chi connectivity index (χ2v) is 7.34. The smallest absolute Gasteiger partial charge is 0.254 e. The van der Waals surface area contributed by atoms with E-state index in [1.165, 1.54) is 0 Å². The predicted molar refractivity (Wildman–Crippen MR) is 107 cm³/mol. The molecule has 1 aromatic heterocycles. The molecule has 2 atom stereocenters. The van der Waals surface area contributed by atoms with Crippen molar-refractivity contribution in [3.63, 3.8) is 0 Å². The van der Waals surface area contributed by atoms with E-state index in [1.54, 1.807) is 18.1 Å². The fourth-order valence-electron chi connectivity index (χ4n) is 3.98. The number of hydrogen-bond acceptors (Lipinski definition) is 6. The Morgan fingerprint density at radius 3 is 2.66 bits per heavy atom. The summed E-state index contributed by atoms with van der Waals surface area (Å²) in [6, 6.07) is 13.0. The van der Waals surface area contributed by atoms with Crippen LogP contribution >= 0.6 is 0 Å². The molecule has 2 unspecified atom stereocenters. The summed E-state index contributed by atoms with van der Waals surface area (Å²) < 4.78 is 5.78. The minimum absolute atomic E-state index is 0.0702.